The van der Waals surface area contributed by atoms with Crippen LogP contribution in [0.25, 0.3) is 0 Å². The van der Waals surface area contributed by atoms with Gasteiger partial charge in [-0.05, 0) is 37.0 Å². The molecule has 0 bridgehead atoms. The van der Waals surface area contributed by atoms with Crippen molar-refractivity contribution in [2.24, 2.45) is 5.84 Å². The zero-order valence-corrected chi connectivity index (χ0v) is 10.7. The maximum absolute atomic E-state index is 14.1. The van der Waals surface area contributed by atoms with Gasteiger partial charge in [0.05, 0.1) is 16.6 Å². The van der Waals surface area contributed by atoms with Crippen molar-refractivity contribution in [1.29, 1.82) is 0 Å². The van der Waals surface area contributed by atoms with Gasteiger partial charge in [-0.2, -0.15) is 0 Å². The van der Waals surface area contributed by atoms with Crippen molar-refractivity contribution in [3.8, 4) is 0 Å². The minimum atomic E-state index is -0.787. The number of aryl methyl sites for hydroxylation is 2. The van der Waals surface area contributed by atoms with Crippen LogP contribution in [0.2, 0.25) is 0 Å². The predicted octanol–water partition coefficient (Wildman–Crippen LogP) is 1.99. The normalized spacial score (nSPS) is 12.7. The summed E-state index contributed by atoms with van der Waals surface area (Å²) in [6, 6.07) is 1.83. The van der Waals surface area contributed by atoms with Crippen molar-refractivity contribution in [1.82, 2.24) is 15.0 Å². The summed E-state index contributed by atoms with van der Waals surface area (Å²) < 4.78 is 31.6. The lowest BCUT2D eigenvalue weighted by Gasteiger charge is -2.17. The van der Waals surface area contributed by atoms with Gasteiger partial charge in [0.25, 0.3) is 0 Å². The van der Waals surface area contributed by atoms with Crippen LogP contribution >= 0.6 is 11.5 Å². The van der Waals surface area contributed by atoms with Crippen LogP contribution in [0.4, 0.5) is 8.78 Å². The van der Waals surface area contributed by atoms with E-state index in [0.29, 0.717) is 16.1 Å². The van der Waals surface area contributed by atoms with Gasteiger partial charge in [0.2, 0.25) is 0 Å². The minimum absolute atomic E-state index is 0.105. The molecule has 0 radical (unpaired) electrons. The number of hydrogen-bond acceptors (Lipinski definition) is 5. The van der Waals surface area contributed by atoms with Gasteiger partial charge >= 0.3 is 0 Å². The summed E-state index contributed by atoms with van der Waals surface area (Å²) in [5, 5.41) is 3.82. The van der Waals surface area contributed by atoms with E-state index < -0.39 is 17.7 Å². The molecule has 0 aliphatic rings. The van der Waals surface area contributed by atoms with E-state index in [1.54, 1.807) is 13.8 Å². The van der Waals surface area contributed by atoms with Gasteiger partial charge in [-0.1, -0.05) is 10.6 Å². The highest BCUT2D eigenvalue weighted by atomic mass is 32.1. The van der Waals surface area contributed by atoms with Gasteiger partial charge in [-0.15, -0.1) is 5.10 Å². The Hall–Kier alpha value is -1.44. The van der Waals surface area contributed by atoms with Crippen LogP contribution in [0.15, 0.2) is 12.1 Å². The van der Waals surface area contributed by atoms with Gasteiger partial charge in [0.1, 0.15) is 11.6 Å². The Labute approximate surface area is 107 Å². The van der Waals surface area contributed by atoms with Gasteiger partial charge < -0.3 is 0 Å². The van der Waals surface area contributed by atoms with Crippen LogP contribution in [0.1, 0.15) is 27.7 Å². The fraction of sp³-hybridized carbons (Fsp3) is 0.273. The Morgan fingerprint density at radius 3 is 2.61 bits per heavy atom. The molecule has 0 fully saturated rings. The van der Waals surface area contributed by atoms with E-state index in [1.807, 2.05) is 0 Å². The molecule has 0 saturated carbocycles. The number of nitrogens with one attached hydrogen (secondary N) is 1. The lowest BCUT2D eigenvalue weighted by molar-refractivity contribution is 0.508. The molecule has 1 atom stereocenters. The molecule has 1 aromatic heterocycles. The molecular formula is C11H12F2N4S. The summed E-state index contributed by atoms with van der Waals surface area (Å²) >= 11 is 1.06. The van der Waals surface area contributed by atoms with Gasteiger partial charge in [-0.25, -0.2) is 14.2 Å². The molecule has 1 unspecified atom stereocenters. The number of hydrogen-bond donors (Lipinski definition) is 2. The average molecular weight is 270 g/mol. The predicted molar refractivity (Wildman–Crippen MR) is 64.9 cm³/mol. The standard InChI is InChI=1S/C11H12F2N4S/c1-5-3-4-7(12)8(9(5)13)10(15-14)11-6(2)16-17-18-11/h3-4,10,15H,14H2,1-2H3. The van der Waals surface area contributed by atoms with Crippen LogP contribution in [0.5, 0.6) is 0 Å². The molecule has 4 nitrogen and oxygen atoms in total. The number of halogens is 2. The Kier molecular flexibility index (Phi) is 3.65. The molecule has 0 aliphatic heterocycles. The monoisotopic (exact) mass is 270 g/mol. The summed E-state index contributed by atoms with van der Waals surface area (Å²) in [4.78, 5) is 0.598. The molecule has 96 valence electrons. The number of rotatable bonds is 3. The van der Waals surface area contributed by atoms with Crippen LogP contribution in [-0.2, 0) is 0 Å². The van der Waals surface area contributed by atoms with Crippen molar-refractivity contribution in [2.45, 2.75) is 19.9 Å². The molecule has 0 spiro atoms. The molecule has 18 heavy (non-hydrogen) atoms. The number of hydrazine groups is 1. The summed E-state index contributed by atoms with van der Waals surface area (Å²) in [6.07, 6.45) is 0. The van der Waals surface area contributed by atoms with Crippen molar-refractivity contribution >= 4 is 11.5 Å². The third-order valence-corrected chi connectivity index (χ3v) is 3.61. The van der Waals surface area contributed by atoms with Gasteiger partial charge in [0.15, 0.2) is 0 Å². The lowest BCUT2D eigenvalue weighted by Crippen LogP contribution is -2.30. The first-order chi connectivity index (χ1) is 8.56. The third-order valence-electron chi connectivity index (χ3n) is 2.72. The molecule has 0 saturated heterocycles. The molecule has 0 amide bonds. The second-order valence-electron chi connectivity index (χ2n) is 3.91. The highest BCUT2D eigenvalue weighted by molar-refractivity contribution is 7.05. The number of benzene rings is 1. The molecule has 1 aromatic carbocycles. The molecule has 2 aromatic rings. The molecular weight excluding hydrogens is 258 g/mol. The van der Waals surface area contributed by atoms with Crippen LogP contribution in [0.3, 0.4) is 0 Å². The smallest absolute Gasteiger partial charge is 0.134 e. The average Bonchev–Trinajstić information content (AvgIpc) is 2.76. The van der Waals surface area contributed by atoms with Crippen molar-refractivity contribution in [2.75, 3.05) is 0 Å². The second-order valence-corrected chi connectivity index (χ2v) is 4.70. The fourth-order valence-corrected chi connectivity index (χ4v) is 2.45. The van der Waals surface area contributed by atoms with E-state index >= 15 is 0 Å². The van der Waals surface area contributed by atoms with E-state index in [1.165, 1.54) is 12.1 Å². The Balaban J connectivity index is 2.59. The SMILES string of the molecule is Cc1ccc(F)c(C(NN)c2snnc2C)c1F. The second kappa shape index (κ2) is 5.05. The molecule has 7 heteroatoms. The topological polar surface area (TPSA) is 63.8 Å². The van der Waals surface area contributed by atoms with Gasteiger partial charge in [0, 0.05) is 5.56 Å². The summed E-state index contributed by atoms with van der Waals surface area (Å²) in [7, 11) is 0. The number of aromatic nitrogens is 2. The van der Waals surface area contributed by atoms with E-state index in [2.05, 4.69) is 15.0 Å². The third kappa shape index (κ3) is 2.12. The Morgan fingerprint density at radius 1 is 1.33 bits per heavy atom. The highest BCUT2D eigenvalue weighted by Gasteiger charge is 2.25. The van der Waals surface area contributed by atoms with E-state index in [4.69, 9.17) is 5.84 Å². The van der Waals surface area contributed by atoms with Crippen molar-refractivity contribution in [3.63, 3.8) is 0 Å². The Morgan fingerprint density at radius 2 is 2.06 bits per heavy atom. The quantitative estimate of drug-likeness (QED) is 0.661. The molecule has 0 aliphatic carbocycles. The van der Waals surface area contributed by atoms with E-state index in [0.717, 1.165) is 11.5 Å². The van der Waals surface area contributed by atoms with Crippen LogP contribution in [-0.4, -0.2) is 9.59 Å². The summed E-state index contributed by atoms with van der Waals surface area (Å²) in [5.41, 5.74) is 3.28. The van der Waals surface area contributed by atoms with E-state index in [9.17, 15) is 8.78 Å². The number of nitrogens with two attached hydrogens (primary N) is 1. The van der Waals surface area contributed by atoms with E-state index in [-0.39, 0.29) is 5.56 Å². The minimum Gasteiger partial charge on any atom is -0.271 e. The largest absolute Gasteiger partial charge is 0.271 e. The van der Waals surface area contributed by atoms with Crippen molar-refractivity contribution in [3.05, 3.63) is 45.5 Å². The summed E-state index contributed by atoms with van der Waals surface area (Å²) in [5.74, 6) is 4.17. The first-order valence-corrected chi connectivity index (χ1v) is 6.03. The highest BCUT2D eigenvalue weighted by Crippen LogP contribution is 2.30. The lowest BCUT2D eigenvalue weighted by atomic mass is 10.0. The first-order valence-electron chi connectivity index (χ1n) is 5.25. The summed E-state index contributed by atoms with van der Waals surface area (Å²) in [6.45, 7) is 3.29. The zero-order chi connectivity index (χ0) is 13.3. The molecule has 2 rings (SSSR count). The molecule has 1 heterocycles. The van der Waals surface area contributed by atoms with Crippen LogP contribution in [0, 0.1) is 25.5 Å². The Bertz CT molecular complexity index is 570. The zero-order valence-electron chi connectivity index (χ0n) is 9.87. The number of nitrogens with zero attached hydrogens (tertiary/aromatic N) is 2. The molecule has 3 N–H and O–H groups in total. The van der Waals surface area contributed by atoms with Gasteiger partial charge in [-0.3, -0.25) is 5.84 Å². The van der Waals surface area contributed by atoms with Crippen molar-refractivity contribution < 1.29 is 8.78 Å². The first kappa shape index (κ1) is 13.0. The van der Waals surface area contributed by atoms with Crippen LogP contribution < -0.4 is 11.3 Å². The maximum Gasteiger partial charge on any atom is 0.134 e. The maximum atomic E-state index is 14.1. The fourth-order valence-electron chi connectivity index (χ4n) is 1.74.